The molecule has 1 aromatic heterocycles. The Labute approximate surface area is 135 Å². The molecule has 5 nitrogen and oxygen atoms in total. The zero-order chi connectivity index (χ0) is 15.5. The molecule has 116 valence electrons. The molecule has 22 heavy (non-hydrogen) atoms. The zero-order valence-corrected chi connectivity index (χ0v) is 13.2. The SMILES string of the molecule is N#Cc1cnc(N2CCCN(C(=O)C3CCC3)CC2)c(Cl)c1. The predicted molar refractivity (Wildman–Crippen MR) is 84.7 cm³/mol. The van der Waals surface area contributed by atoms with Gasteiger partial charge in [0.2, 0.25) is 5.91 Å². The molecule has 2 heterocycles. The van der Waals surface area contributed by atoms with Crippen LogP contribution in [0.25, 0.3) is 0 Å². The molecule has 0 aromatic carbocycles. The fraction of sp³-hybridized carbons (Fsp3) is 0.562. The van der Waals surface area contributed by atoms with E-state index >= 15 is 0 Å². The second-order valence-electron chi connectivity index (χ2n) is 5.93. The van der Waals surface area contributed by atoms with Gasteiger partial charge in [-0.2, -0.15) is 5.26 Å². The molecule has 0 atom stereocenters. The Morgan fingerprint density at radius 3 is 2.73 bits per heavy atom. The maximum Gasteiger partial charge on any atom is 0.225 e. The van der Waals surface area contributed by atoms with Crippen LogP contribution >= 0.6 is 11.6 Å². The summed E-state index contributed by atoms with van der Waals surface area (Å²) in [7, 11) is 0. The van der Waals surface area contributed by atoms with E-state index in [2.05, 4.69) is 9.88 Å². The van der Waals surface area contributed by atoms with Crippen molar-refractivity contribution in [2.24, 2.45) is 5.92 Å². The van der Waals surface area contributed by atoms with Gasteiger partial charge in [-0.1, -0.05) is 18.0 Å². The molecule has 3 rings (SSSR count). The molecule has 0 unspecified atom stereocenters. The maximum absolute atomic E-state index is 12.4. The molecule has 2 aliphatic rings. The van der Waals surface area contributed by atoms with Gasteiger partial charge in [-0.3, -0.25) is 4.79 Å². The van der Waals surface area contributed by atoms with Crippen molar-refractivity contribution in [1.82, 2.24) is 9.88 Å². The summed E-state index contributed by atoms with van der Waals surface area (Å²) in [6, 6.07) is 3.68. The van der Waals surface area contributed by atoms with Crippen LogP contribution in [0.2, 0.25) is 5.02 Å². The van der Waals surface area contributed by atoms with Crippen molar-refractivity contribution in [3.05, 3.63) is 22.8 Å². The highest BCUT2D eigenvalue weighted by Crippen LogP contribution is 2.29. The van der Waals surface area contributed by atoms with Crippen LogP contribution in [0.5, 0.6) is 0 Å². The smallest absolute Gasteiger partial charge is 0.225 e. The molecule has 1 aliphatic heterocycles. The van der Waals surface area contributed by atoms with Gasteiger partial charge in [0.05, 0.1) is 10.6 Å². The van der Waals surface area contributed by atoms with Crippen LogP contribution in [0, 0.1) is 17.2 Å². The van der Waals surface area contributed by atoms with Crippen LogP contribution in [0.3, 0.4) is 0 Å². The summed E-state index contributed by atoms with van der Waals surface area (Å²) in [6.07, 6.45) is 5.73. The molecule has 1 amide bonds. The molecule has 0 N–H and O–H groups in total. The van der Waals surface area contributed by atoms with Crippen LogP contribution in [-0.4, -0.2) is 42.0 Å². The number of rotatable bonds is 2. The van der Waals surface area contributed by atoms with E-state index < -0.39 is 0 Å². The highest BCUT2D eigenvalue weighted by Gasteiger charge is 2.30. The minimum absolute atomic E-state index is 0.253. The van der Waals surface area contributed by atoms with Gasteiger partial charge < -0.3 is 9.80 Å². The van der Waals surface area contributed by atoms with Crippen LogP contribution < -0.4 is 4.90 Å². The summed E-state index contributed by atoms with van der Waals surface area (Å²) in [5, 5.41) is 9.38. The average molecular weight is 319 g/mol. The van der Waals surface area contributed by atoms with Gasteiger partial charge >= 0.3 is 0 Å². The Hall–Kier alpha value is -1.80. The molecule has 6 heteroatoms. The summed E-state index contributed by atoms with van der Waals surface area (Å²) >= 11 is 6.24. The van der Waals surface area contributed by atoms with Crippen molar-refractivity contribution in [2.75, 3.05) is 31.1 Å². The van der Waals surface area contributed by atoms with E-state index in [1.807, 2.05) is 11.0 Å². The molecule has 1 saturated heterocycles. The lowest BCUT2D eigenvalue weighted by atomic mass is 9.84. The van der Waals surface area contributed by atoms with Crippen LogP contribution in [0.15, 0.2) is 12.3 Å². The Balaban J connectivity index is 1.67. The minimum Gasteiger partial charge on any atom is -0.354 e. The summed E-state index contributed by atoms with van der Waals surface area (Å²) in [4.78, 5) is 20.8. The molecule has 1 aromatic rings. The van der Waals surface area contributed by atoms with Gasteiger partial charge in [0.25, 0.3) is 0 Å². The number of nitriles is 1. The molecule has 0 radical (unpaired) electrons. The molecule has 1 saturated carbocycles. The van der Waals surface area contributed by atoms with Gasteiger partial charge in [0.15, 0.2) is 0 Å². The zero-order valence-electron chi connectivity index (χ0n) is 12.5. The van der Waals surface area contributed by atoms with E-state index in [1.165, 1.54) is 6.42 Å². The summed E-state index contributed by atoms with van der Waals surface area (Å²) in [6.45, 7) is 3.08. The number of amides is 1. The van der Waals surface area contributed by atoms with Crippen molar-refractivity contribution in [1.29, 1.82) is 5.26 Å². The fourth-order valence-corrected chi connectivity index (χ4v) is 3.27. The quantitative estimate of drug-likeness (QED) is 0.840. The van der Waals surface area contributed by atoms with Crippen molar-refractivity contribution >= 4 is 23.3 Å². The van der Waals surface area contributed by atoms with Gasteiger partial charge in [0.1, 0.15) is 11.9 Å². The van der Waals surface area contributed by atoms with Crippen LogP contribution in [0.4, 0.5) is 5.82 Å². The number of nitrogens with zero attached hydrogens (tertiary/aromatic N) is 4. The van der Waals surface area contributed by atoms with E-state index in [9.17, 15) is 4.79 Å². The summed E-state index contributed by atoms with van der Waals surface area (Å²) in [5.74, 6) is 1.27. The lowest BCUT2D eigenvalue weighted by molar-refractivity contribution is -0.137. The van der Waals surface area contributed by atoms with Gasteiger partial charge in [0, 0.05) is 38.3 Å². The van der Waals surface area contributed by atoms with Crippen molar-refractivity contribution in [3.8, 4) is 6.07 Å². The van der Waals surface area contributed by atoms with E-state index in [0.717, 1.165) is 38.9 Å². The van der Waals surface area contributed by atoms with E-state index in [4.69, 9.17) is 16.9 Å². The highest BCUT2D eigenvalue weighted by atomic mass is 35.5. The van der Waals surface area contributed by atoms with Crippen molar-refractivity contribution in [3.63, 3.8) is 0 Å². The normalized spacial score (nSPS) is 19.3. The first kappa shape index (κ1) is 15.1. The first-order valence-electron chi connectivity index (χ1n) is 7.78. The number of halogens is 1. The third-order valence-corrected chi connectivity index (χ3v) is 4.79. The summed E-state index contributed by atoms with van der Waals surface area (Å²) in [5.41, 5.74) is 0.463. The molecule has 2 fully saturated rings. The topological polar surface area (TPSA) is 60.2 Å². The fourth-order valence-electron chi connectivity index (χ4n) is 2.99. The van der Waals surface area contributed by atoms with Gasteiger partial charge in [-0.05, 0) is 25.3 Å². The Kier molecular flexibility index (Phi) is 4.49. The van der Waals surface area contributed by atoms with Gasteiger partial charge in [-0.15, -0.1) is 0 Å². The number of hydrogen-bond donors (Lipinski definition) is 0. The Morgan fingerprint density at radius 2 is 2.09 bits per heavy atom. The predicted octanol–water partition coefficient (Wildman–Crippen LogP) is 2.45. The average Bonchev–Trinajstić information content (AvgIpc) is 2.71. The summed E-state index contributed by atoms with van der Waals surface area (Å²) < 4.78 is 0. The minimum atomic E-state index is 0.253. The van der Waals surface area contributed by atoms with E-state index in [0.29, 0.717) is 28.9 Å². The largest absolute Gasteiger partial charge is 0.354 e. The standard InChI is InChI=1S/C16H19ClN4O/c17-14-9-12(10-18)11-19-15(14)20-5-2-6-21(8-7-20)16(22)13-3-1-4-13/h9,11,13H,1-8H2. The molecular weight excluding hydrogens is 300 g/mol. The van der Waals surface area contributed by atoms with E-state index in [1.54, 1.807) is 12.3 Å². The first-order chi connectivity index (χ1) is 10.7. The lowest BCUT2D eigenvalue weighted by Crippen LogP contribution is -2.41. The third-order valence-electron chi connectivity index (χ3n) is 4.51. The van der Waals surface area contributed by atoms with E-state index in [-0.39, 0.29) is 5.92 Å². The maximum atomic E-state index is 12.4. The second kappa shape index (κ2) is 6.53. The van der Waals surface area contributed by atoms with Gasteiger partial charge in [-0.25, -0.2) is 4.98 Å². The number of aromatic nitrogens is 1. The second-order valence-corrected chi connectivity index (χ2v) is 6.34. The van der Waals surface area contributed by atoms with Crippen LogP contribution in [0.1, 0.15) is 31.2 Å². The number of carbonyl (C=O) groups is 1. The first-order valence-corrected chi connectivity index (χ1v) is 8.16. The van der Waals surface area contributed by atoms with Crippen LogP contribution in [-0.2, 0) is 4.79 Å². The number of anilines is 1. The third kappa shape index (κ3) is 3.02. The Morgan fingerprint density at radius 1 is 1.27 bits per heavy atom. The number of hydrogen-bond acceptors (Lipinski definition) is 4. The Bertz CT molecular complexity index is 609. The molecular formula is C16H19ClN4O. The highest BCUT2D eigenvalue weighted by molar-refractivity contribution is 6.33. The van der Waals surface area contributed by atoms with Crippen molar-refractivity contribution < 1.29 is 4.79 Å². The number of pyridine rings is 1. The van der Waals surface area contributed by atoms with Crippen molar-refractivity contribution in [2.45, 2.75) is 25.7 Å². The lowest BCUT2D eigenvalue weighted by Gasteiger charge is -2.31. The molecule has 1 aliphatic carbocycles. The molecule has 0 spiro atoms. The number of carbonyl (C=O) groups excluding carboxylic acids is 1. The molecule has 0 bridgehead atoms. The monoisotopic (exact) mass is 318 g/mol.